The third-order valence-electron chi connectivity index (χ3n) is 1.58. The van der Waals surface area contributed by atoms with Crippen LogP contribution in [0.2, 0.25) is 0 Å². The first-order chi connectivity index (χ1) is 5.11. The minimum Gasteiger partial charge on any atom is -0.506 e. The largest absolute Gasteiger partial charge is 0.506 e. The Morgan fingerprint density at radius 3 is 2.55 bits per heavy atom. The average Bonchev–Trinajstić information content (AvgIpc) is 1.94. The number of hydrogen-bond acceptors (Lipinski definition) is 3. The topological polar surface area (TPSA) is 72.3 Å². The molecule has 0 spiro atoms. The molecule has 3 heteroatoms. The highest BCUT2D eigenvalue weighted by Crippen LogP contribution is 2.22. The number of aromatic hydroxyl groups is 1. The summed E-state index contributed by atoms with van der Waals surface area (Å²) in [5.74, 6) is 0.106. The first-order valence-corrected chi connectivity index (χ1v) is 3.45. The molecule has 0 amide bonds. The van der Waals surface area contributed by atoms with Crippen LogP contribution in [0.5, 0.6) is 5.75 Å². The number of rotatable bonds is 1. The molecule has 1 aromatic carbocycles. The van der Waals surface area contributed by atoms with E-state index in [2.05, 4.69) is 0 Å². The summed E-state index contributed by atoms with van der Waals surface area (Å²) in [6, 6.07) is 4.95. The van der Waals surface area contributed by atoms with E-state index >= 15 is 0 Å². The zero-order valence-corrected chi connectivity index (χ0v) is 6.41. The van der Waals surface area contributed by atoms with E-state index in [1.165, 1.54) is 0 Å². The SMILES string of the molecule is CC(N)c1ccc(O)c(N)c1. The lowest BCUT2D eigenvalue weighted by Gasteiger charge is -2.06. The second kappa shape index (κ2) is 2.80. The van der Waals surface area contributed by atoms with Gasteiger partial charge in [-0.05, 0) is 24.6 Å². The fourth-order valence-electron chi connectivity index (χ4n) is 0.856. The molecule has 11 heavy (non-hydrogen) atoms. The van der Waals surface area contributed by atoms with Gasteiger partial charge in [-0.1, -0.05) is 6.07 Å². The Kier molecular flexibility index (Phi) is 2.01. The van der Waals surface area contributed by atoms with Crippen molar-refractivity contribution in [2.24, 2.45) is 5.73 Å². The lowest BCUT2D eigenvalue weighted by molar-refractivity contribution is 0.477. The summed E-state index contributed by atoms with van der Waals surface area (Å²) in [4.78, 5) is 0. The molecule has 0 saturated heterocycles. The van der Waals surface area contributed by atoms with Crippen molar-refractivity contribution >= 4 is 5.69 Å². The van der Waals surface area contributed by atoms with Gasteiger partial charge in [0.25, 0.3) is 0 Å². The quantitative estimate of drug-likeness (QED) is 0.415. The molecule has 0 aliphatic rings. The average molecular weight is 152 g/mol. The van der Waals surface area contributed by atoms with Crippen LogP contribution in [0, 0.1) is 0 Å². The van der Waals surface area contributed by atoms with Gasteiger partial charge in [0.2, 0.25) is 0 Å². The second-order valence-corrected chi connectivity index (χ2v) is 2.61. The Bertz CT molecular complexity index is 258. The Hall–Kier alpha value is -1.22. The Morgan fingerprint density at radius 1 is 1.45 bits per heavy atom. The van der Waals surface area contributed by atoms with Crippen molar-refractivity contribution in [1.82, 2.24) is 0 Å². The van der Waals surface area contributed by atoms with Crippen LogP contribution in [0.3, 0.4) is 0 Å². The summed E-state index contributed by atoms with van der Waals surface area (Å²) < 4.78 is 0. The van der Waals surface area contributed by atoms with Crippen LogP contribution in [-0.2, 0) is 0 Å². The predicted octanol–water partition coefficient (Wildman–Crippen LogP) is 0.994. The highest BCUT2D eigenvalue weighted by atomic mass is 16.3. The molecule has 0 aliphatic carbocycles. The molecule has 5 N–H and O–H groups in total. The smallest absolute Gasteiger partial charge is 0.138 e. The number of anilines is 1. The van der Waals surface area contributed by atoms with E-state index in [0.717, 1.165) is 5.56 Å². The number of phenols is 1. The maximum atomic E-state index is 9.06. The monoisotopic (exact) mass is 152 g/mol. The summed E-state index contributed by atoms with van der Waals surface area (Å²) in [5.41, 5.74) is 12.4. The maximum Gasteiger partial charge on any atom is 0.138 e. The molecule has 60 valence electrons. The maximum absolute atomic E-state index is 9.06. The minimum absolute atomic E-state index is 0.0436. The molecule has 3 nitrogen and oxygen atoms in total. The second-order valence-electron chi connectivity index (χ2n) is 2.61. The van der Waals surface area contributed by atoms with Crippen molar-refractivity contribution < 1.29 is 5.11 Å². The van der Waals surface area contributed by atoms with Crippen molar-refractivity contribution in [2.45, 2.75) is 13.0 Å². The minimum atomic E-state index is -0.0436. The molecule has 0 heterocycles. The van der Waals surface area contributed by atoms with Gasteiger partial charge in [0.15, 0.2) is 0 Å². The summed E-state index contributed by atoms with van der Waals surface area (Å²) in [6.07, 6.45) is 0. The Labute approximate surface area is 65.6 Å². The van der Waals surface area contributed by atoms with Crippen LogP contribution in [0.15, 0.2) is 18.2 Å². The van der Waals surface area contributed by atoms with Crippen molar-refractivity contribution in [1.29, 1.82) is 0 Å². The highest BCUT2D eigenvalue weighted by molar-refractivity contribution is 5.53. The van der Waals surface area contributed by atoms with Crippen LogP contribution in [-0.4, -0.2) is 5.11 Å². The van der Waals surface area contributed by atoms with Gasteiger partial charge in [-0.25, -0.2) is 0 Å². The van der Waals surface area contributed by atoms with Crippen LogP contribution < -0.4 is 11.5 Å². The van der Waals surface area contributed by atoms with E-state index in [0.29, 0.717) is 5.69 Å². The van der Waals surface area contributed by atoms with Crippen LogP contribution in [0.1, 0.15) is 18.5 Å². The molecule has 0 aromatic heterocycles. The van der Waals surface area contributed by atoms with Crippen LogP contribution >= 0.6 is 0 Å². The zero-order valence-electron chi connectivity index (χ0n) is 6.41. The predicted molar refractivity (Wildman–Crippen MR) is 45.1 cm³/mol. The van der Waals surface area contributed by atoms with E-state index in [1.807, 2.05) is 6.92 Å². The Balaban J connectivity index is 3.05. The number of hydrogen-bond donors (Lipinski definition) is 3. The molecule has 0 aliphatic heterocycles. The number of nitrogen functional groups attached to an aromatic ring is 1. The first kappa shape index (κ1) is 7.88. The van der Waals surface area contributed by atoms with Gasteiger partial charge in [0.1, 0.15) is 5.75 Å². The van der Waals surface area contributed by atoms with Gasteiger partial charge >= 0.3 is 0 Å². The normalized spacial score (nSPS) is 12.9. The van der Waals surface area contributed by atoms with E-state index < -0.39 is 0 Å². The van der Waals surface area contributed by atoms with Gasteiger partial charge in [-0.2, -0.15) is 0 Å². The van der Waals surface area contributed by atoms with Gasteiger partial charge in [-0.3, -0.25) is 0 Å². The third-order valence-corrected chi connectivity index (χ3v) is 1.58. The number of nitrogens with two attached hydrogens (primary N) is 2. The van der Waals surface area contributed by atoms with Gasteiger partial charge in [-0.15, -0.1) is 0 Å². The molecule has 1 unspecified atom stereocenters. The van der Waals surface area contributed by atoms with Crippen LogP contribution in [0.25, 0.3) is 0 Å². The molecule has 1 aromatic rings. The van der Waals surface area contributed by atoms with Crippen molar-refractivity contribution in [3.05, 3.63) is 23.8 Å². The van der Waals surface area contributed by atoms with Crippen molar-refractivity contribution in [3.8, 4) is 5.75 Å². The molecule has 1 atom stereocenters. The lowest BCUT2D eigenvalue weighted by atomic mass is 10.1. The van der Waals surface area contributed by atoms with E-state index in [1.54, 1.807) is 18.2 Å². The van der Waals surface area contributed by atoms with Crippen molar-refractivity contribution in [3.63, 3.8) is 0 Å². The summed E-state index contributed by atoms with van der Waals surface area (Å²) >= 11 is 0. The highest BCUT2D eigenvalue weighted by Gasteiger charge is 2.01. The molecular formula is C8H12N2O. The van der Waals surface area contributed by atoms with Crippen LogP contribution in [0.4, 0.5) is 5.69 Å². The summed E-state index contributed by atoms with van der Waals surface area (Å²) in [6.45, 7) is 1.87. The number of phenolic OH excluding ortho intramolecular Hbond substituents is 1. The molecule has 0 fully saturated rings. The van der Waals surface area contributed by atoms with Gasteiger partial charge < -0.3 is 16.6 Å². The fourth-order valence-corrected chi connectivity index (χ4v) is 0.856. The van der Waals surface area contributed by atoms with Gasteiger partial charge in [0, 0.05) is 6.04 Å². The first-order valence-electron chi connectivity index (χ1n) is 3.45. The summed E-state index contributed by atoms with van der Waals surface area (Å²) in [5, 5.41) is 9.06. The lowest BCUT2D eigenvalue weighted by Crippen LogP contribution is -2.05. The molecular weight excluding hydrogens is 140 g/mol. The summed E-state index contributed by atoms with van der Waals surface area (Å²) in [7, 11) is 0. The molecule has 0 radical (unpaired) electrons. The number of benzene rings is 1. The molecule has 0 bridgehead atoms. The zero-order chi connectivity index (χ0) is 8.43. The van der Waals surface area contributed by atoms with Crippen molar-refractivity contribution in [2.75, 3.05) is 5.73 Å². The third kappa shape index (κ3) is 1.62. The molecule has 1 rings (SSSR count). The Morgan fingerprint density at radius 2 is 2.09 bits per heavy atom. The van der Waals surface area contributed by atoms with E-state index in [4.69, 9.17) is 16.6 Å². The molecule has 0 saturated carbocycles. The fraction of sp³-hybridized carbons (Fsp3) is 0.250. The van der Waals surface area contributed by atoms with Gasteiger partial charge in [0.05, 0.1) is 5.69 Å². The van der Waals surface area contributed by atoms with E-state index in [-0.39, 0.29) is 11.8 Å². The standard InChI is InChI=1S/C8H12N2O/c1-5(9)6-2-3-8(11)7(10)4-6/h2-5,11H,9-10H2,1H3. The van der Waals surface area contributed by atoms with E-state index in [9.17, 15) is 0 Å².